The molecule has 1 aliphatic heterocycles. The Hall–Kier alpha value is 0.420. The fourth-order valence-electron chi connectivity index (χ4n) is 2.02. The molecule has 1 atom stereocenters. The molecule has 0 saturated carbocycles. The molecule has 1 fully saturated rings. The van der Waals surface area contributed by atoms with Crippen molar-refractivity contribution in [3.63, 3.8) is 0 Å². The predicted octanol–water partition coefficient (Wildman–Crippen LogP) is 4.51. The molecule has 2 nitrogen and oxygen atoms in total. The van der Waals surface area contributed by atoms with Gasteiger partial charge in [0.25, 0.3) is 5.91 Å². The van der Waals surface area contributed by atoms with Gasteiger partial charge in [-0.05, 0) is 57.2 Å². The molecule has 0 aromatic carbocycles. The van der Waals surface area contributed by atoms with E-state index in [9.17, 15) is 4.79 Å². The van der Waals surface area contributed by atoms with Crippen molar-refractivity contribution in [3.05, 3.63) is 19.2 Å². The van der Waals surface area contributed by atoms with E-state index >= 15 is 0 Å². The minimum absolute atomic E-state index is 0.103. The summed E-state index contributed by atoms with van der Waals surface area (Å²) < 4.78 is 1.89. The number of carbonyl (C=O) groups excluding carboxylic acids is 1. The molecule has 0 aliphatic carbocycles. The van der Waals surface area contributed by atoms with Gasteiger partial charge in [-0.3, -0.25) is 4.79 Å². The van der Waals surface area contributed by atoms with E-state index < -0.39 is 0 Å². The Bertz CT molecular complexity index is 404. The quantitative estimate of drug-likeness (QED) is 0.668. The van der Waals surface area contributed by atoms with E-state index in [0.717, 1.165) is 32.5 Å². The number of carbonyl (C=O) groups is 1. The second-order valence-corrected chi connectivity index (χ2v) is 7.57. The van der Waals surface area contributed by atoms with E-state index in [2.05, 4.69) is 31.9 Å². The number of amides is 1. The highest BCUT2D eigenvalue weighted by molar-refractivity contribution is 9.13. The summed E-state index contributed by atoms with van der Waals surface area (Å²) in [5.74, 6) is 0.631. The first-order valence-electron chi connectivity index (χ1n) is 5.45. The largest absolute Gasteiger partial charge is 0.334 e. The van der Waals surface area contributed by atoms with Crippen LogP contribution in [-0.2, 0) is 0 Å². The number of piperidine rings is 1. The lowest BCUT2D eigenvalue weighted by Gasteiger charge is -2.34. The molecule has 1 aromatic heterocycles. The number of nitrogens with zero attached hydrogens (tertiary/aromatic N) is 1. The highest BCUT2D eigenvalue weighted by atomic mass is 79.9. The molecule has 0 spiro atoms. The van der Waals surface area contributed by atoms with Gasteiger partial charge < -0.3 is 4.90 Å². The van der Waals surface area contributed by atoms with Crippen LogP contribution in [0.1, 0.15) is 28.9 Å². The second kappa shape index (κ2) is 6.04. The lowest BCUT2D eigenvalue weighted by molar-refractivity contribution is 0.0644. The summed E-state index contributed by atoms with van der Waals surface area (Å²) in [4.78, 5) is 15.1. The number of thiophene rings is 1. The molecule has 1 saturated heterocycles. The Balaban J connectivity index is 2.18. The second-order valence-electron chi connectivity index (χ2n) is 4.03. The van der Waals surface area contributed by atoms with Crippen molar-refractivity contribution in [2.45, 2.75) is 25.3 Å². The van der Waals surface area contributed by atoms with Crippen LogP contribution in [0.5, 0.6) is 0 Å². The Kier molecular flexibility index (Phi) is 4.92. The zero-order valence-electron chi connectivity index (χ0n) is 9.09. The fourth-order valence-corrected chi connectivity index (χ4v) is 4.33. The summed E-state index contributed by atoms with van der Waals surface area (Å²) in [6, 6.07) is 2.06. The fraction of sp³-hybridized carbons (Fsp3) is 0.545. The monoisotopic (exact) mass is 399 g/mol. The van der Waals surface area contributed by atoms with E-state index in [0.29, 0.717) is 5.88 Å². The zero-order valence-corrected chi connectivity index (χ0v) is 13.8. The van der Waals surface area contributed by atoms with Gasteiger partial charge in [-0.15, -0.1) is 22.9 Å². The summed E-state index contributed by atoms with van der Waals surface area (Å²) in [5.41, 5.74) is 0. The average molecular weight is 402 g/mol. The van der Waals surface area contributed by atoms with E-state index in [1.807, 2.05) is 11.0 Å². The lowest BCUT2D eigenvalue weighted by Crippen LogP contribution is -2.44. The molecular formula is C11H12Br2ClNOS. The lowest BCUT2D eigenvalue weighted by atomic mass is 10.0. The van der Waals surface area contributed by atoms with Gasteiger partial charge in [-0.1, -0.05) is 0 Å². The highest BCUT2D eigenvalue weighted by Gasteiger charge is 2.28. The standard InChI is InChI=1S/C11H12Br2ClNOS/c12-8-5-9(17-10(8)13)11(16)15-4-2-1-3-7(15)6-14/h5,7H,1-4,6H2. The van der Waals surface area contributed by atoms with Crippen LogP contribution in [0.3, 0.4) is 0 Å². The van der Waals surface area contributed by atoms with E-state index in [4.69, 9.17) is 11.6 Å². The van der Waals surface area contributed by atoms with Gasteiger partial charge in [-0.25, -0.2) is 0 Å². The number of halogens is 3. The highest BCUT2D eigenvalue weighted by Crippen LogP contribution is 2.34. The Morgan fingerprint density at radius 2 is 2.29 bits per heavy atom. The Labute approximate surface area is 127 Å². The molecule has 17 heavy (non-hydrogen) atoms. The van der Waals surface area contributed by atoms with Gasteiger partial charge in [-0.2, -0.15) is 0 Å². The third kappa shape index (κ3) is 3.06. The molecule has 0 bridgehead atoms. The number of rotatable bonds is 2. The molecule has 94 valence electrons. The van der Waals surface area contributed by atoms with Crippen molar-refractivity contribution in [3.8, 4) is 0 Å². The summed E-state index contributed by atoms with van der Waals surface area (Å²) in [6.45, 7) is 0.823. The minimum Gasteiger partial charge on any atom is -0.334 e. The zero-order chi connectivity index (χ0) is 12.4. The van der Waals surface area contributed by atoms with Crippen molar-refractivity contribution in [2.75, 3.05) is 12.4 Å². The van der Waals surface area contributed by atoms with E-state index in [1.54, 1.807) is 0 Å². The van der Waals surface area contributed by atoms with Crippen LogP contribution >= 0.6 is 54.8 Å². The molecule has 1 aromatic rings. The van der Waals surface area contributed by atoms with E-state index in [1.165, 1.54) is 17.8 Å². The van der Waals surface area contributed by atoms with Crippen LogP contribution in [0, 0.1) is 0 Å². The summed E-state index contributed by atoms with van der Waals surface area (Å²) in [5, 5.41) is 0. The van der Waals surface area contributed by atoms with Crippen molar-refractivity contribution in [2.24, 2.45) is 0 Å². The van der Waals surface area contributed by atoms with E-state index in [-0.39, 0.29) is 11.9 Å². The van der Waals surface area contributed by atoms with Crippen LogP contribution in [0.2, 0.25) is 0 Å². The molecule has 6 heteroatoms. The molecule has 1 unspecified atom stereocenters. The molecule has 1 aliphatic rings. The smallest absolute Gasteiger partial charge is 0.264 e. The maximum absolute atomic E-state index is 12.4. The number of hydrogen-bond acceptors (Lipinski definition) is 2. The minimum atomic E-state index is 0.103. The normalized spacial score (nSPS) is 20.6. The van der Waals surface area contributed by atoms with Gasteiger partial charge in [0.05, 0.1) is 8.66 Å². The summed E-state index contributed by atoms with van der Waals surface area (Å²) >= 11 is 14.2. The SMILES string of the molecule is O=C(c1cc(Br)c(Br)s1)N1CCCCC1CCl. The van der Waals surface area contributed by atoms with Crippen molar-refractivity contribution < 1.29 is 4.79 Å². The average Bonchev–Trinajstić information content (AvgIpc) is 2.68. The van der Waals surface area contributed by atoms with Gasteiger partial charge in [0, 0.05) is 22.9 Å². The first-order chi connectivity index (χ1) is 8.13. The molecule has 1 amide bonds. The summed E-state index contributed by atoms with van der Waals surface area (Å²) in [7, 11) is 0. The third-order valence-electron chi connectivity index (χ3n) is 2.92. The maximum atomic E-state index is 12.4. The van der Waals surface area contributed by atoms with Crippen molar-refractivity contribution in [1.82, 2.24) is 4.90 Å². The van der Waals surface area contributed by atoms with Gasteiger partial charge in [0.15, 0.2) is 0 Å². The Morgan fingerprint density at radius 1 is 1.53 bits per heavy atom. The Morgan fingerprint density at radius 3 is 2.88 bits per heavy atom. The van der Waals surface area contributed by atoms with Crippen LogP contribution in [-0.4, -0.2) is 29.3 Å². The van der Waals surface area contributed by atoms with Gasteiger partial charge in [0.1, 0.15) is 0 Å². The number of hydrogen-bond donors (Lipinski definition) is 0. The number of alkyl halides is 1. The molecule has 2 rings (SSSR count). The molecule has 0 radical (unpaired) electrons. The molecular weight excluding hydrogens is 389 g/mol. The van der Waals surface area contributed by atoms with Crippen LogP contribution in [0.4, 0.5) is 0 Å². The van der Waals surface area contributed by atoms with Crippen LogP contribution < -0.4 is 0 Å². The van der Waals surface area contributed by atoms with Gasteiger partial charge >= 0.3 is 0 Å². The van der Waals surface area contributed by atoms with Crippen molar-refractivity contribution in [1.29, 1.82) is 0 Å². The third-order valence-corrected chi connectivity index (χ3v) is 6.52. The van der Waals surface area contributed by atoms with Gasteiger partial charge in [0.2, 0.25) is 0 Å². The van der Waals surface area contributed by atoms with Crippen molar-refractivity contribution >= 4 is 60.7 Å². The van der Waals surface area contributed by atoms with Crippen LogP contribution in [0.25, 0.3) is 0 Å². The first kappa shape index (κ1) is 13.8. The van der Waals surface area contributed by atoms with Crippen LogP contribution in [0.15, 0.2) is 14.3 Å². The first-order valence-corrected chi connectivity index (χ1v) is 8.39. The topological polar surface area (TPSA) is 20.3 Å². The molecule has 2 heterocycles. The maximum Gasteiger partial charge on any atom is 0.264 e. The summed E-state index contributed by atoms with van der Waals surface area (Å²) in [6.07, 6.45) is 3.26. The number of likely N-dealkylation sites (tertiary alicyclic amines) is 1. The predicted molar refractivity (Wildman–Crippen MR) is 79.1 cm³/mol. The molecule has 0 N–H and O–H groups in total.